The molecule has 1 aliphatic heterocycles. The highest BCUT2D eigenvalue weighted by molar-refractivity contribution is 5.96. The maximum Gasteiger partial charge on any atom is 0.418 e. The van der Waals surface area contributed by atoms with E-state index in [-0.39, 0.29) is 25.6 Å². The first kappa shape index (κ1) is 32.1. The summed E-state index contributed by atoms with van der Waals surface area (Å²) in [7, 11) is 1.35. The van der Waals surface area contributed by atoms with Gasteiger partial charge in [-0.05, 0) is 62.8 Å². The number of anilines is 1. The highest BCUT2D eigenvalue weighted by atomic mass is 19.4. The highest BCUT2D eigenvalue weighted by Gasteiger charge is 2.37. The monoisotopic (exact) mass is 587 g/mol. The van der Waals surface area contributed by atoms with Gasteiger partial charge >= 0.3 is 12.1 Å². The van der Waals surface area contributed by atoms with Crippen LogP contribution in [0.15, 0.2) is 24.4 Å². The van der Waals surface area contributed by atoms with Gasteiger partial charge < -0.3 is 25.4 Å². The number of aromatic nitrogens is 2. The van der Waals surface area contributed by atoms with Crippen molar-refractivity contribution < 1.29 is 41.4 Å². The number of aliphatic carboxylic acids is 1. The van der Waals surface area contributed by atoms with Crippen LogP contribution in [0.3, 0.4) is 0 Å². The summed E-state index contributed by atoms with van der Waals surface area (Å²) in [6.45, 7) is 0.804. The molecule has 226 valence electrons. The number of methoxy groups -OCH3 is 1. The first-order valence-corrected chi connectivity index (χ1v) is 13.3. The smallest absolute Gasteiger partial charge is 0.418 e. The van der Waals surface area contributed by atoms with Gasteiger partial charge in [0.15, 0.2) is 0 Å². The molecule has 1 aliphatic rings. The Labute approximate surface area is 234 Å². The summed E-state index contributed by atoms with van der Waals surface area (Å²) < 4.78 is 71.8. The second kappa shape index (κ2) is 15.0. The number of ether oxygens (including phenoxy) is 1. The number of rotatable bonds is 15. The van der Waals surface area contributed by atoms with Crippen LogP contribution >= 0.6 is 0 Å². The van der Waals surface area contributed by atoms with E-state index in [4.69, 9.17) is 4.74 Å². The number of aryl methyl sites for hydroxylation is 2. The van der Waals surface area contributed by atoms with Crippen LogP contribution in [0, 0.1) is 5.82 Å². The molecule has 0 aliphatic carbocycles. The van der Waals surface area contributed by atoms with Crippen molar-refractivity contribution in [3.05, 3.63) is 52.7 Å². The SMILES string of the molecule is COC(CF)CN(CCCCc1ccc2c(n1)NCCC2)CCC(NC(=O)c1ncc(F)cc1C(F)(F)F)C(=O)O. The van der Waals surface area contributed by atoms with Crippen LogP contribution in [-0.4, -0.2) is 84.0 Å². The molecule has 0 fully saturated rings. The zero-order valence-electron chi connectivity index (χ0n) is 22.6. The molecule has 0 saturated heterocycles. The van der Waals surface area contributed by atoms with Crippen LogP contribution in [0.1, 0.15) is 53.0 Å². The molecule has 41 heavy (non-hydrogen) atoms. The Bertz CT molecular complexity index is 1180. The molecule has 3 heterocycles. The van der Waals surface area contributed by atoms with Crippen LogP contribution in [-0.2, 0) is 28.5 Å². The van der Waals surface area contributed by atoms with E-state index in [9.17, 15) is 36.6 Å². The van der Waals surface area contributed by atoms with Crippen molar-refractivity contribution in [1.82, 2.24) is 20.2 Å². The molecule has 2 aromatic rings. The van der Waals surface area contributed by atoms with E-state index < -0.39 is 53.9 Å². The number of hydrogen-bond acceptors (Lipinski definition) is 7. The number of nitrogens with one attached hydrogen (secondary N) is 2. The number of carboxylic acids is 1. The molecule has 2 atom stereocenters. The molecule has 0 radical (unpaired) electrons. The van der Waals surface area contributed by atoms with Crippen LogP contribution in [0.2, 0.25) is 0 Å². The predicted octanol–water partition coefficient (Wildman–Crippen LogP) is 3.88. The fourth-order valence-corrected chi connectivity index (χ4v) is 4.55. The van der Waals surface area contributed by atoms with Gasteiger partial charge in [0.2, 0.25) is 0 Å². The molecule has 9 nitrogen and oxygen atoms in total. The van der Waals surface area contributed by atoms with Gasteiger partial charge in [-0.25, -0.2) is 23.5 Å². The summed E-state index contributed by atoms with van der Waals surface area (Å²) in [4.78, 5) is 34.1. The average molecular weight is 588 g/mol. The molecule has 2 aromatic heterocycles. The van der Waals surface area contributed by atoms with E-state index in [1.54, 1.807) is 4.90 Å². The number of unbranched alkanes of at least 4 members (excludes halogenated alkanes) is 1. The minimum atomic E-state index is -5.08. The lowest BCUT2D eigenvalue weighted by Gasteiger charge is -2.27. The van der Waals surface area contributed by atoms with E-state index in [1.165, 1.54) is 12.7 Å². The van der Waals surface area contributed by atoms with Gasteiger partial charge in [-0.1, -0.05) is 6.07 Å². The Kier molecular flexibility index (Phi) is 11.8. The highest BCUT2D eigenvalue weighted by Crippen LogP contribution is 2.31. The van der Waals surface area contributed by atoms with Crippen LogP contribution in [0.5, 0.6) is 0 Å². The summed E-state index contributed by atoms with van der Waals surface area (Å²) in [5.74, 6) is -3.27. The standard InChI is InChI=1S/C27H34F5N5O4/c1-41-20(14-28)16-37(11-3-2-6-19-8-7-17-5-4-10-33-24(17)35-19)12-9-22(26(39)40)36-25(38)23-21(27(30,31)32)13-18(29)15-34-23/h7-8,13,15,20,22H,2-6,9-12,14,16H2,1H3,(H,33,35)(H,36,38)(H,39,40). The molecule has 3 rings (SSSR count). The Morgan fingerprint density at radius 3 is 2.71 bits per heavy atom. The predicted molar refractivity (Wildman–Crippen MR) is 140 cm³/mol. The van der Waals surface area contributed by atoms with E-state index in [0.717, 1.165) is 37.3 Å². The average Bonchev–Trinajstić information content (AvgIpc) is 2.94. The van der Waals surface area contributed by atoms with Gasteiger partial charge in [-0.2, -0.15) is 13.2 Å². The third kappa shape index (κ3) is 9.59. The van der Waals surface area contributed by atoms with Crippen molar-refractivity contribution >= 4 is 17.7 Å². The molecule has 0 bridgehead atoms. The van der Waals surface area contributed by atoms with Crippen molar-refractivity contribution in [2.24, 2.45) is 0 Å². The largest absolute Gasteiger partial charge is 0.480 e. The fourth-order valence-electron chi connectivity index (χ4n) is 4.55. The molecule has 0 spiro atoms. The van der Waals surface area contributed by atoms with E-state index in [2.05, 4.69) is 21.4 Å². The maximum atomic E-state index is 13.4. The lowest BCUT2D eigenvalue weighted by atomic mass is 10.1. The van der Waals surface area contributed by atoms with Crippen molar-refractivity contribution in [3.63, 3.8) is 0 Å². The Hall–Kier alpha value is -3.39. The number of pyridine rings is 2. The third-order valence-electron chi connectivity index (χ3n) is 6.79. The molecular formula is C27H34F5N5O4. The van der Waals surface area contributed by atoms with Crippen molar-refractivity contribution in [1.29, 1.82) is 0 Å². The van der Waals surface area contributed by atoms with Crippen LogP contribution in [0.25, 0.3) is 0 Å². The first-order valence-electron chi connectivity index (χ1n) is 13.3. The van der Waals surface area contributed by atoms with Gasteiger partial charge in [0.25, 0.3) is 5.91 Å². The van der Waals surface area contributed by atoms with Crippen molar-refractivity contribution in [2.75, 3.05) is 45.3 Å². The van der Waals surface area contributed by atoms with Crippen LogP contribution in [0.4, 0.5) is 27.8 Å². The van der Waals surface area contributed by atoms with Crippen LogP contribution < -0.4 is 10.6 Å². The minimum Gasteiger partial charge on any atom is -0.480 e. The Morgan fingerprint density at radius 2 is 2.02 bits per heavy atom. The molecule has 1 amide bonds. The zero-order chi connectivity index (χ0) is 30.0. The number of halogens is 5. The minimum absolute atomic E-state index is 0.0844. The summed E-state index contributed by atoms with van der Waals surface area (Å²) >= 11 is 0. The number of nitrogens with zero attached hydrogens (tertiary/aromatic N) is 3. The lowest BCUT2D eigenvalue weighted by Crippen LogP contribution is -2.45. The maximum absolute atomic E-state index is 13.4. The number of carbonyl (C=O) groups is 2. The van der Waals surface area contributed by atoms with E-state index in [1.807, 2.05) is 11.4 Å². The van der Waals surface area contributed by atoms with Gasteiger partial charge in [0.1, 0.15) is 30.0 Å². The van der Waals surface area contributed by atoms with Crippen molar-refractivity contribution in [2.45, 2.75) is 56.8 Å². The van der Waals surface area contributed by atoms with Gasteiger partial charge in [0, 0.05) is 32.4 Å². The van der Waals surface area contributed by atoms with Gasteiger partial charge in [0.05, 0.1) is 17.9 Å². The summed E-state index contributed by atoms with van der Waals surface area (Å²) in [6.07, 6.45) is -1.40. The van der Waals surface area contributed by atoms with Gasteiger partial charge in [-0.3, -0.25) is 4.79 Å². The molecule has 2 unspecified atom stereocenters. The van der Waals surface area contributed by atoms with Gasteiger partial charge in [-0.15, -0.1) is 0 Å². The second-order valence-electron chi connectivity index (χ2n) is 9.81. The number of hydrogen-bond donors (Lipinski definition) is 3. The van der Waals surface area contributed by atoms with E-state index >= 15 is 0 Å². The lowest BCUT2D eigenvalue weighted by molar-refractivity contribution is -0.139. The second-order valence-corrected chi connectivity index (χ2v) is 9.81. The number of fused-ring (bicyclic) bond motifs is 1. The Morgan fingerprint density at radius 1 is 1.24 bits per heavy atom. The quantitative estimate of drug-likeness (QED) is 0.213. The fraction of sp³-hybridized carbons (Fsp3) is 0.556. The molecular weight excluding hydrogens is 553 g/mol. The number of carbonyl (C=O) groups excluding carboxylic acids is 1. The molecule has 14 heteroatoms. The zero-order valence-corrected chi connectivity index (χ0v) is 22.6. The summed E-state index contributed by atoms with van der Waals surface area (Å²) in [5.41, 5.74) is -0.627. The Balaban J connectivity index is 1.60. The first-order chi connectivity index (χ1) is 19.5. The topological polar surface area (TPSA) is 117 Å². The molecule has 0 aromatic carbocycles. The third-order valence-corrected chi connectivity index (χ3v) is 6.79. The summed E-state index contributed by atoms with van der Waals surface area (Å²) in [6, 6.07) is 2.61. The van der Waals surface area contributed by atoms with Crippen molar-refractivity contribution in [3.8, 4) is 0 Å². The number of amides is 1. The number of alkyl halides is 4. The van der Waals surface area contributed by atoms with E-state index in [0.29, 0.717) is 25.6 Å². The molecule has 3 N–H and O–H groups in total. The normalized spacial score (nSPS) is 14.7. The molecule has 0 saturated carbocycles. The summed E-state index contributed by atoms with van der Waals surface area (Å²) in [5, 5.41) is 15.0. The number of carboxylic acid groups (broad SMARTS) is 1.